The number of phenolic OH excluding ortho intramolecular Hbond substituents is 1. The normalized spacial score (nSPS) is 10.9. The molecule has 0 atom stereocenters. The fourth-order valence-corrected chi connectivity index (χ4v) is 1.38. The Bertz CT molecular complexity index is 305. The van der Waals surface area contributed by atoms with Crippen molar-refractivity contribution in [3.05, 3.63) is 35.4 Å². The van der Waals surface area contributed by atoms with Gasteiger partial charge in [-0.3, -0.25) is 0 Å². The van der Waals surface area contributed by atoms with E-state index in [0.29, 0.717) is 5.75 Å². The summed E-state index contributed by atoms with van der Waals surface area (Å²) in [6.45, 7) is 1.99. The quantitative estimate of drug-likeness (QED) is 0.803. The van der Waals surface area contributed by atoms with Crippen LogP contribution in [-0.4, -0.2) is 10.4 Å². The number of halogens is 1. The molecule has 1 aromatic carbocycles. The number of rotatable bonds is 3. The molecule has 0 saturated heterocycles. The van der Waals surface area contributed by atoms with E-state index in [1.165, 1.54) is 5.56 Å². The van der Waals surface area contributed by atoms with E-state index >= 15 is 0 Å². The van der Waals surface area contributed by atoms with Crippen molar-refractivity contribution in [3.8, 4) is 5.75 Å². The molecule has 0 bridgehead atoms. The van der Waals surface area contributed by atoms with E-state index in [-0.39, 0.29) is 0 Å². The number of aryl methyl sites for hydroxylation is 1. The highest BCUT2D eigenvalue weighted by atomic mass is 79.9. The SMILES string of the molecule is Cc1cc(O)ccc1C=CCCBr. The van der Waals surface area contributed by atoms with Gasteiger partial charge >= 0.3 is 0 Å². The minimum absolute atomic E-state index is 0.329. The van der Waals surface area contributed by atoms with Crippen molar-refractivity contribution in [1.82, 2.24) is 0 Å². The molecular weight excluding hydrogens is 228 g/mol. The molecule has 0 amide bonds. The van der Waals surface area contributed by atoms with Gasteiger partial charge in [0.2, 0.25) is 0 Å². The molecule has 0 aromatic heterocycles. The molecule has 0 heterocycles. The number of hydrogen-bond acceptors (Lipinski definition) is 1. The number of benzene rings is 1. The van der Waals surface area contributed by atoms with Crippen LogP contribution in [0.4, 0.5) is 0 Å². The highest BCUT2D eigenvalue weighted by molar-refractivity contribution is 9.09. The van der Waals surface area contributed by atoms with Gasteiger partial charge in [0, 0.05) is 5.33 Å². The summed E-state index contributed by atoms with van der Waals surface area (Å²) in [4.78, 5) is 0. The van der Waals surface area contributed by atoms with Gasteiger partial charge in [-0.1, -0.05) is 34.1 Å². The van der Waals surface area contributed by atoms with E-state index in [9.17, 15) is 5.11 Å². The third kappa shape index (κ3) is 3.23. The van der Waals surface area contributed by atoms with Crippen LogP contribution in [0, 0.1) is 6.92 Å². The summed E-state index contributed by atoms with van der Waals surface area (Å²) in [5.41, 5.74) is 2.27. The maximum Gasteiger partial charge on any atom is 0.115 e. The summed E-state index contributed by atoms with van der Waals surface area (Å²) in [5.74, 6) is 0.329. The molecule has 2 heteroatoms. The van der Waals surface area contributed by atoms with Gasteiger partial charge in [0.25, 0.3) is 0 Å². The van der Waals surface area contributed by atoms with E-state index in [1.807, 2.05) is 13.0 Å². The molecule has 0 unspecified atom stereocenters. The Morgan fingerprint density at radius 3 is 2.85 bits per heavy atom. The van der Waals surface area contributed by atoms with Gasteiger partial charge in [0.1, 0.15) is 5.75 Å². The molecule has 70 valence electrons. The highest BCUT2D eigenvalue weighted by Gasteiger charge is 1.94. The fraction of sp³-hybridized carbons (Fsp3) is 0.273. The van der Waals surface area contributed by atoms with Crippen LogP contribution in [0.2, 0.25) is 0 Å². The molecule has 1 rings (SSSR count). The second kappa shape index (κ2) is 5.07. The number of hydrogen-bond donors (Lipinski definition) is 1. The number of allylic oxidation sites excluding steroid dienone is 1. The second-order valence-corrected chi connectivity index (χ2v) is 3.71. The molecule has 13 heavy (non-hydrogen) atoms. The van der Waals surface area contributed by atoms with Gasteiger partial charge < -0.3 is 5.11 Å². The van der Waals surface area contributed by atoms with Crippen LogP contribution in [0.15, 0.2) is 24.3 Å². The summed E-state index contributed by atoms with van der Waals surface area (Å²) >= 11 is 3.36. The lowest BCUT2D eigenvalue weighted by Gasteiger charge is -2.00. The van der Waals surface area contributed by atoms with Crippen molar-refractivity contribution in [3.63, 3.8) is 0 Å². The largest absolute Gasteiger partial charge is 0.508 e. The van der Waals surface area contributed by atoms with Crippen LogP contribution in [0.5, 0.6) is 5.75 Å². The van der Waals surface area contributed by atoms with Crippen LogP contribution in [0.3, 0.4) is 0 Å². The first-order valence-corrected chi connectivity index (χ1v) is 5.38. The predicted molar refractivity (Wildman–Crippen MR) is 60.3 cm³/mol. The second-order valence-electron chi connectivity index (χ2n) is 2.92. The van der Waals surface area contributed by atoms with Gasteiger partial charge in [0.15, 0.2) is 0 Å². The zero-order valence-electron chi connectivity index (χ0n) is 7.63. The monoisotopic (exact) mass is 240 g/mol. The minimum atomic E-state index is 0.329. The molecular formula is C11H13BrO. The maximum atomic E-state index is 9.18. The van der Waals surface area contributed by atoms with Gasteiger partial charge in [-0.05, 0) is 36.6 Å². The van der Waals surface area contributed by atoms with Crippen LogP contribution in [-0.2, 0) is 0 Å². The molecule has 1 nitrogen and oxygen atoms in total. The van der Waals surface area contributed by atoms with Crippen molar-refractivity contribution in [2.24, 2.45) is 0 Å². The standard InChI is InChI=1S/C11H13BrO/c1-9-8-11(13)6-5-10(9)4-2-3-7-12/h2,4-6,8,13H,3,7H2,1H3. The number of phenols is 1. The maximum absolute atomic E-state index is 9.18. The van der Waals surface area contributed by atoms with Crippen LogP contribution < -0.4 is 0 Å². The fourth-order valence-electron chi connectivity index (χ4n) is 1.12. The third-order valence-corrected chi connectivity index (χ3v) is 2.28. The Morgan fingerprint density at radius 1 is 1.46 bits per heavy atom. The first-order chi connectivity index (χ1) is 6.24. The summed E-state index contributed by atoms with van der Waals surface area (Å²) in [6, 6.07) is 5.41. The molecule has 1 N–H and O–H groups in total. The average Bonchev–Trinajstić information content (AvgIpc) is 2.09. The summed E-state index contributed by atoms with van der Waals surface area (Å²) in [7, 11) is 0. The Balaban J connectivity index is 2.77. The zero-order valence-corrected chi connectivity index (χ0v) is 9.21. The van der Waals surface area contributed by atoms with E-state index in [4.69, 9.17) is 0 Å². The molecule has 0 spiro atoms. The molecule has 0 radical (unpaired) electrons. The van der Waals surface area contributed by atoms with Crippen LogP contribution in [0.25, 0.3) is 6.08 Å². The Hall–Kier alpha value is -0.760. The van der Waals surface area contributed by atoms with E-state index in [1.54, 1.807) is 12.1 Å². The van der Waals surface area contributed by atoms with E-state index < -0.39 is 0 Å². The van der Waals surface area contributed by atoms with Gasteiger partial charge in [-0.15, -0.1) is 0 Å². The number of alkyl halides is 1. The lowest BCUT2D eigenvalue weighted by Crippen LogP contribution is -1.79. The lowest BCUT2D eigenvalue weighted by atomic mass is 10.1. The molecule has 0 aliphatic carbocycles. The molecule has 0 aliphatic heterocycles. The average molecular weight is 241 g/mol. The van der Waals surface area contributed by atoms with Crippen molar-refractivity contribution >= 4 is 22.0 Å². The van der Waals surface area contributed by atoms with Gasteiger partial charge in [-0.2, -0.15) is 0 Å². The van der Waals surface area contributed by atoms with Crippen molar-refractivity contribution in [1.29, 1.82) is 0 Å². The Labute approximate surface area is 87.2 Å². The van der Waals surface area contributed by atoms with Crippen molar-refractivity contribution in [2.45, 2.75) is 13.3 Å². The Morgan fingerprint density at radius 2 is 2.23 bits per heavy atom. The smallest absolute Gasteiger partial charge is 0.115 e. The van der Waals surface area contributed by atoms with Crippen LogP contribution >= 0.6 is 15.9 Å². The van der Waals surface area contributed by atoms with Gasteiger partial charge in [0.05, 0.1) is 0 Å². The molecule has 0 aliphatic rings. The first kappa shape index (κ1) is 10.3. The minimum Gasteiger partial charge on any atom is -0.508 e. The van der Waals surface area contributed by atoms with Gasteiger partial charge in [-0.25, -0.2) is 0 Å². The first-order valence-electron chi connectivity index (χ1n) is 4.26. The Kier molecular flexibility index (Phi) is 4.03. The summed E-state index contributed by atoms with van der Waals surface area (Å²) < 4.78 is 0. The van der Waals surface area contributed by atoms with E-state index in [0.717, 1.165) is 17.3 Å². The van der Waals surface area contributed by atoms with E-state index in [2.05, 4.69) is 28.1 Å². The lowest BCUT2D eigenvalue weighted by molar-refractivity contribution is 0.475. The molecule has 0 fully saturated rings. The highest BCUT2D eigenvalue weighted by Crippen LogP contribution is 2.16. The predicted octanol–water partition coefficient (Wildman–Crippen LogP) is 3.50. The molecule has 0 saturated carbocycles. The van der Waals surface area contributed by atoms with Crippen molar-refractivity contribution < 1.29 is 5.11 Å². The van der Waals surface area contributed by atoms with Crippen molar-refractivity contribution in [2.75, 3.05) is 5.33 Å². The summed E-state index contributed by atoms with van der Waals surface area (Å²) in [6.07, 6.45) is 5.23. The van der Waals surface area contributed by atoms with Crippen LogP contribution in [0.1, 0.15) is 17.5 Å². The summed E-state index contributed by atoms with van der Waals surface area (Å²) in [5, 5.41) is 10.2. The molecule has 1 aromatic rings. The topological polar surface area (TPSA) is 20.2 Å². The number of aromatic hydroxyl groups is 1. The third-order valence-electron chi connectivity index (χ3n) is 1.83. The zero-order chi connectivity index (χ0) is 9.68.